The Kier molecular flexibility index (Phi) is 7.88. The number of likely N-dealkylation sites (N-methyl/N-ethyl adjacent to an activating group) is 1. The molecule has 25 heavy (non-hydrogen) atoms. The van der Waals surface area contributed by atoms with Crippen LogP contribution in [0.1, 0.15) is 18.4 Å². The summed E-state index contributed by atoms with van der Waals surface area (Å²) >= 11 is 0. The van der Waals surface area contributed by atoms with Gasteiger partial charge in [-0.05, 0) is 51.2 Å². The fourth-order valence-corrected chi connectivity index (χ4v) is 3.69. The Hall–Kier alpha value is -1.61. The van der Waals surface area contributed by atoms with Crippen LogP contribution in [-0.2, 0) is 19.7 Å². The molecule has 0 radical (unpaired) electrons. The van der Waals surface area contributed by atoms with Crippen molar-refractivity contribution < 1.29 is 18.0 Å². The van der Waals surface area contributed by atoms with Crippen molar-refractivity contribution in [3.8, 4) is 0 Å². The summed E-state index contributed by atoms with van der Waals surface area (Å²) < 4.78 is 25.9. The van der Waals surface area contributed by atoms with Crippen molar-refractivity contribution in [1.82, 2.24) is 14.7 Å². The SMILES string of the molecule is CN(C)CCCCONC(=O)C1=Cc2ccccc2S(=O)(=O)N1C.Cl. The normalized spacial score (nSPS) is 15.2. The Morgan fingerprint density at radius 1 is 1.24 bits per heavy atom. The van der Waals surface area contributed by atoms with Gasteiger partial charge in [-0.3, -0.25) is 13.9 Å². The number of carbonyl (C=O) groups excluding carboxylic acids is 1. The molecule has 1 N–H and O–H groups in total. The van der Waals surface area contributed by atoms with Gasteiger partial charge in [0.1, 0.15) is 5.70 Å². The van der Waals surface area contributed by atoms with E-state index in [2.05, 4.69) is 10.4 Å². The fourth-order valence-electron chi connectivity index (χ4n) is 2.33. The molecule has 1 amide bonds. The fraction of sp³-hybridized carbons (Fsp3) is 0.438. The minimum absolute atomic E-state index is 0. The number of unbranched alkanes of at least 4 members (excludes halogenated alkanes) is 1. The van der Waals surface area contributed by atoms with Gasteiger partial charge in [0, 0.05) is 7.05 Å². The van der Waals surface area contributed by atoms with Gasteiger partial charge in [0.15, 0.2) is 0 Å². The van der Waals surface area contributed by atoms with Crippen molar-refractivity contribution in [2.75, 3.05) is 34.3 Å². The lowest BCUT2D eigenvalue weighted by molar-refractivity contribution is -0.130. The zero-order valence-corrected chi connectivity index (χ0v) is 16.2. The maximum atomic E-state index is 12.5. The van der Waals surface area contributed by atoms with Gasteiger partial charge in [-0.25, -0.2) is 13.9 Å². The van der Waals surface area contributed by atoms with E-state index in [1.54, 1.807) is 24.3 Å². The van der Waals surface area contributed by atoms with E-state index in [0.717, 1.165) is 23.7 Å². The van der Waals surface area contributed by atoms with Crippen molar-refractivity contribution in [3.05, 3.63) is 35.5 Å². The average Bonchev–Trinajstić information content (AvgIpc) is 2.54. The first kappa shape index (κ1) is 21.4. The second kappa shape index (κ2) is 9.19. The Bertz CT molecular complexity index is 735. The number of sulfonamides is 1. The quantitative estimate of drug-likeness (QED) is 0.564. The summed E-state index contributed by atoms with van der Waals surface area (Å²) in [7, 11) is 1.62. The van der Waals surface area contributed by atoms with Gasteiger partial charge in [0.2, 0.25) is 0 Å². The number of hydrogen-bond donors (Lipinski definition) is 1. The first-order valence-corrected chi connectivity index (χ1v) is 9.14. The van der Waals surface area contributed by atoms with Gasteiger partial charge < -0.3 is 4.90 Å². The van der Waals surface area contributed by atoms with Crippen molar-refractivity contribution in [1.29, 1.82) is 0 Å². The molecular formula is C16H24ClN3O4S. The lowest BCUT2D eigenvalue weighted by atomic mass is 10.2. The minimum Gasteiger partial charge on any atom is -0.309 e. The second-order valence-electron chi connectivity index (χ2n) is 5.83. The lowest BCUT2D eigenvalue weighted by Crippen LogP contribution is -2.38. The van der Waals surface area contributed by atoms with Crippen LogP contribution < -0.4 is 5.48 Å². The maximum Gasteiger partial charge on any atom is 0.292 e. The zero-order valence-electron chi connectivity index (χ0n) is 14.6. The lowest BCUT2D eigenvalue weighted by Gasteiger charge is -2.26. The third-order valence-corrected chi connectivity index (χ3v) is 5.53. The third-order valence-electron chi connectivity index (χ3n) is 3.69. The molecule has 1 aliphatic rings. The second-order valence-corrected chi connectivity index (χ2v) is 7.77. The first-order valence-electron chi connectivity index (χ1n) is 7.70. The van der Waals surface area contributed by atoms with Crippen molar-refractivity contribution in [2.45, 2.75) is 17.7 Å². The standard InChI is InChI=1S/C16H23N3O4S.ClH/c1-18(2)10-6-7-11-23-17-16(20)14-12-13-8-4-5-9-15(13)24(21,22)19(14)3;/h4-5,8-9,12H,6-7,10-11H2,1-3H3,(H,17,20);1H. The summed E-state index contributed by atoms with van der Waals surface area (Å²) in [5, 5.41) is 0. The molecule has 1 aromatic carbocycles. The highest BCUT2D eigenvalue weighted by molar-refractivity contribution is 7.89. The van der Waals surface area contributed by atoms with Crippen LogP contribution in [0.4, 0.5) is 0 Å². The third kappa shape index (κ3) is 5.18. The van der Waals surface area contributed by atoms with E-state index < -0.39 is 15.9 Å². The van der Waals surface area contributed by atoms with Crippen molar-refractivity contribution in [2.24, 2.45) is 0 Å². The number of benzene rings is 1. The van der Waals surface area contributed by atoms with Crippen LogP contribution in [0.5, 0.6) is 0 Å². The Morgan fingerprint density at radius 3 is 2.60 bits per heavy atom. The van der Waals surface area contributed by atoms with Gasteiger partial charge in [0.05, 0.1) is 11.5 Å². The largest absolute Gasteiger partial charge is 0.309 e. The van der Waals surface area contributed by atoms with Gasteiger partial charge in [-0.15, -0.1) is 12.4 Å². The van der Waals surface area contributed by atoms with E-state index in [4.69, 9.17) is 4.84 Å². The first-order chi connectivity index (χ1) is 11.3. The Labute approximate surface area is 155 Å². The maximum absolute atomic E-state index is 12.5. The summed E-state index contributed by atoms with van der Waals surface area (Å²) in [5.74, 6) is -0.580. The van der Waals surface area contributed by atoms with Gasteiger partial charge in [0.25, 0.3) is 15.9 Å². The molecule has 0 unspecified atom stereocenters. The summed E-state index contributed by atoms with van der Waals surface area (Å²) in [6.07, 6.45) is 3.29. The molecule has 0 saturated carbocycles. The predicted molar refractivity (Wildman–Crippen MR) is 98.5 cm³/mol. The topological polar surface area (TPSA) is 79.0 Å². The van der Waals surface area contributed by atoms with Crippen LogP contribution >= 0.6 is 12.4 Å². The van der Waals surface area contributed by atoms with Gasteiger partial charge >= 0.3 is 0 Å². The van der Waals surface area contributed by atoms with Crippen LogP contribution in [0, 0.1) is 0 Å². The molecule has 1 aromatic rings. The number of halogens is 1. The molecule has 0 aromatic heterocycles. The molecule has 7 nitrogen and oxygen atoms in total. The molecule has 1 heterocycles. The molecule has 140 valence electrons. The van der Waals surface area contributed by atoms with E-state index in [1.165, 1.54) is 13.1 Å². The minimum atomic E-state index is -3.72. The van der Waals surface area contributed by atoms with E-state index in [1.807, 2.05) is 14.1 Å². The Morgan fingerprint density at radius 2 is 1.92 bits per heavy atom. The average molecular weight is 390 g/mol. The summed E-state index contributed by atoms with van der Waals surface area (Å²) in [4.78, 5) is 19.6. The summed E-state index contributed by atoms with van der Waals surface area (Å²) in [6, 6.07) is 6.57. The van der Waals surface area contributed by atoms with Gasteiger partial charge in [-0.2, -0.15) is 0 Å². The molecular weight excluding hydrogens is 366 g/mol. The number of carbonyl (C=O) groups is 1. The number of nitrogens with one attached hydrogen (secondary N) is 1. The van der Waals surface area contributed by atoms with Crippen LogP contribution in [0.3, 0.4) is 0 Å². The van der Waals surface area contributed by atoms with Crippen molar-refractivity contribution >= 4 is 34.4 Å². The van der Waals surface area contributed by atoms with Crippen LogP contribution in [0.15, 0.2) is 34.9 Å². The highest BCUT2D eigenvalue weighted by atomic mass is 35.5. The summed E-state index contributed by atoms with van der Waals surface area (Å²) in [6.45, 7) is 1.32. The highest BCUT2D eigenvalue weighted by Crippen LogP contribution is 2.29. The van der Waals surface area contributed by atoms with E-state index in [0.29, 0.717) is 12.2 Å². The molecule has 1 aliphatic heterocycles. The van der Waals surface area contributed by atoms with Crippen LogP contribution in [-0.4, -0.2) is 57.8 Å². The van der Waals surface area contributed by atoms with Crippen molar-refractivity contribution in [3.63, 3.8) is 0 Å². The van der Waals surface area contributed by atoms with E-state index in [-0.39, 0.29) is 23.0 Å². The molecule has 0 spiro atoms. The van der Waals surface area contributed by atoms with Crippen LogP contribution in [0.2, 0.25) is 0 Å². The van der Waals surface area contributed by atoms with Gasteiger partial charge in [-0.1, -0.05) is 18.2 Å². The molecule has 0 saturated heterocycles. The number of hydroxylamine groups is 1. The summed E-state index contributed by atoms with van der Waals surface area (Å²) in [5.41, 5.74) is 2.83. The smallest absolute Gasteiger partial charge is 0.292 e. The highest BCUT2D eigenvalue weighted by Gasteiger charge is 2.32. The van der Waals surface area contributed by atoms with E-state index in [9.17, 15) is 13.2 Å². The predicted octanol–water partition coefficient (Wildman–Crippen LogP) is 1.47. The number of amides is 1. The molecule has 0 atom stereocenters. The number of fused-ring (bicyclic) bond motifs is 1. The molecule has 0 fully saturated rings. The Balaban J connectivity index is 0.00000312. The number of rotatable bonds is 7. The van der Waals surface area contributed by atoms with Crippen LogP contribution in [0.25, 0.3) is 6.08 Å². The molecule has 0 bridgehead atoms. The molecule has 9 heteroatoms. The monoisotopic (exact) mass is 389 g/mol. The number of nitrogens with zero attached hydrogens (tertiary/aromatic N) is 2. The molecule has 2 rings (SSSR count). The zero-order chi connectivity index (χ0) is 17.7. The van der Waals surface area contributed by atoms with E-state index >= 15 is 0 Å². The molecule has 0 aliphatic carbocycles. The number of hydrogen-bond acceptors (Lipinski definition) is 5.